The Balaban J connectivity index is 2.73. The Hall–Kier alpha value is -1.55. The van der Waals surface area contributed by atoms with Crippen LogP contribution in [0.25, 0.3) is 0 Å². The van der Waals surface area contributed by atoms with E-state index >= 15 is 0 Å². The van der Waals surface area contributed by atoms with E-state index in [1.165, 1.54) is 5.56 Å². The molecule has 4 heteroatoms. The first-order valence-electron chi connectivity index (χ1n) is 6.66. The summed E-state index contributed by atoms with van der Waals surface area (Å²) < 4.78 is 5.71. The van der Waals surface area contributed by atoms with E-state index in [4.69, 9.17) is 10.5 Å². The number of ether oxygens (including phenoxy) is 1. The minimum atomic E-state index is -0.865. The predicted molar refractivity (Wildman–Crippen MR) is 77.2 cm³/mol. The molecule has 0 aliphatic rings. The Morgan fingerprint density at radius 1 is 1.47 bits per heavy atom. The third-order valence-corrected chi connectivity index (χ3v) is 2.99. The van der Waals surface area contributed by atoms with E-state index < -0.39 is 11.4 Å². The van der Waals surface area contributed by atoms with Crippen LogP contribution >= 0.6 is 0 Å². The number of nitrogens with two attached hydrogens (primary N) is 1. The zero-order valence-corrected chi connectivity index (χ0v) is 12.2. The van der Waals surface area contributed by atoms with Gasteiger partial charge in [0, 0.05) is 6.04 Å². The summed E-state index contributed by atoms with van der Waals surface area (Å²) in [6.07, 6.45) is 0.953. The fourth-order valence-electron chi connectivity index (χ4n) is 1.90. The molecule has 1 unspecified atom stereocenters. The average Bonchev–Trinajstić information content (AvgIpc) is 2.35. The summed E-state index contributed by atoms with van der Waals surface area (Å²) in [6.45, 7) is 8.01. The monoisotopic (exact) mass is 264 g/mol. The maximum Gasteiger partial charge on any atom is 0.240 e. The van der Waals surface area contributed by atoms with Gasteiger partial charge < -0.3 is 10.5 Å². The molecule has 0 bridgehead atoms. The van der Waals surface area contributed by atoms with Crippen molar-refractivity contribution in [3.05, 3.63) is 29.8 Å². The van der Waals surface area contributed by atoms with Gasteiger partial charge in [-0.3, -0.25) is 10.1 Å². The molecule has 0 radical (unpaired) electrons. The summed E-state index contributed by atoms with van der Waals surface area (Å²) in [7, 11) is 0. The van der Waals surface area contributed by atoms with Crippen LogP contribution in [0.4, 0.5) is 0 Å². The lowest BCUT2D eigenvalue weighted by Gasteiger charge is -2.29. The largest absolute Gasteiger partial charge is 0.491 e. The summed E-state index contributed by atoms with van der Waals surface area (Å²) in [5.74, 6) is 0.352. The van der Waals surface area contributed by atoms with E-state index in [0.29, 0.717) is 0 Å². The highest BCUT2D eigenvalue weighted by atomic mass is 16.5. The molecule has 0 heterocycles. The molecule has 1 aromatic carbocycles. The van der Waals surface area contributed by atoms with Crippen molar-refractivity contribution in [3.8, 4) is 5.75 Å². The molecule has 0 aromatic heterocycles. The Morgan fingerprint density at radius 2 is 2.16 bits per heavy atom. The molecule has 19 heavy (non-hydrogen) atoms. The lowest BCUT2D eigenvalue weighted by atomic mass is 10.0. The molecule has 0 aliphatic heterocycles. The third kappa shape index (κ3) is 4.56. The Labute approximate surface area is 115 Å². The first-order chi connectivity index (χ1) is 8.87. The van der Waals surface area contributed by atoms with Gasteiger partial charge in [-0.05, 0) is 44.9 Å². The van der Waals surface area contributed by atoms with E-state index in [2.05, 4.69) is 12.2 Å². The van der Waals surface area contributed by atoms with Crippen molar-refractivity contribution in [3.63, 3.8) is 0 Å². The lowest BCUT2D eigenvalue weighted by molar-refractivity contribution is -0.125. The molecule has 0 saturated carbocycles. The zero-order chi connectivity index (χ0) is 14.5. The highest BCUT2D eigenvalue weighted by Crippen LogP contribution is 2.16. The molecule has 3 N–H and O–H groups in total. The number of carbonyl (C=O) groups is 1. The van der Waals surface area contributed by atoms with Crippen LogP contribution in [-0.2, 0) is 11.2 Å². The van der Waals surface area contributed by atoms with Gasteiger partial charge in [0.25, 0.3) is 0 Å². The summed E-state index contributed by atoms with van der Waals surface area (Å²) in [5.41, 5.74) is 5.80. The van der Waals surface area contributed by atoms with Crippen molar-refractivity contribution < 1.29 is 9.53 Å². The third-order valence-electron chi connectivity index (χ3n) is 2.99. The van der Waals surface area contributed by atoms with Gasteiger partial charge in [0.15, 0.2) is 0 Å². The zero-order valence-electron chi connectivity index (χ0n) is 12.2. The summed E-state index contributed by atoms with van der Waals surface area (Å²) in [5, 5.41) is 3.15. The maximum atomic E-state index is 11.6. The van der Waals surface area contributed by atoms with Crippen LogP contribution in [0.1, 0.15) is 33.3 Å². The van der Waals surface area contributed by atoms with E-state index in [0.717, 1.165) is 12.2 Å². The Morgan fingerprint density at radius 3 is 2.68 bits per heavy atom. The number of benzene rings is 1. The second-order valence-corrected chi connectivity index (χ2v) is 5.29. The fraction of sp³-hybridized carbons (Fsp3) is 0.533. The van der Waals surface area contributed by atoms with Crippen molar-refractivity contribution in [1.29, 1.82) is 0 Å². The van der Waals surface area contributed by atoms with Gasteiger partial charge in [-0.25, -0.2) is 0 Å². The van der Waals surface area contributed by atoms with E-state index in [1.54, 1.807) is 6.92 Å². The second kappa shape index (κ2) is 6.57. The Bertz CT molecular complexity index is 432. The van der Waals surface area contributed by atoms with Crippen molar-refractivity contribution in [1.82, 2.24) is 5.32 Å². The number of hydrogen-bond acceptors (Lipinski definition) is 3. The van der Waals surface area contributed by atoms with Crippen LogP contribution in [-0.4, -0.2) is 24.1 Å². The van der Waals surface area contributed by atoms with E-state index in [1.807, 2.05) is 38.1 Å². The number of carbonyl (C=O) groups excluding carboxylic acids is 1. The number of primary amides is 1. The summed E-state index contributed by atoms with van der Waals surface area (Å²) in [6, 6.07) is 8.02. The van der Waals surface area contributed by atoms with Gasteiger partial charge in [-0.2, -0.15) is 0 Å². The topological polar surface area (TPSA) is 64.3 Å². The van der Waals surface area contributed by atoms with Gasteiger partial charge in [-0.1, -0.05) is 19.1 Å². The fourth-order valence-corrected chi connectivity index (χ4v) is 1.90. The molecule has 0 spiro atoms. The van der Waals surface area contributed by atoms with Gasteiger partial charge >= 0.3 is 0 Å². The lowest BCUT2D eigenvalue weighted by Crippen LogP contribution is -2.59. The van der Waals surface area contributed by atoms with Crippen LogP contribution in [0, 0.1) is 0 Å². The van der Waals surface area contributed by atoms with E-state index in [-0.39, 0.29) is 12.6 Å². The molecule has 1 rings (SSSR count). The maximum absolute atomic E-state index is 11.6. The molecule has 0 fully saturated rings. The Kier molecular flexibility index (Phi) is 5.36. The number of amides is 1. The first kappa shape index (κ1) is 15.5. The summed E-state index contributed by atoms with van der Waals surface area (Å²) in [4.78, 5) is 11.6. The van der Waals surface area contributed by atoms with Crippen molar-refractivity contribution in [2.45, 2.75) is 45.7 Å². The second-order valence-electron chi connectivity index (χ2n) is 5.29. The molecular formula is C15H24N2O2. The summed E-state index contributed by atoms with van der Waals surface area (Å²) >= 11 is 0. The smallest absolute Gasteiger partial charge is 0.240 e. The number of rotatable bonds is 7. The molecule has 0 saturated heterocycles. The van der Waals surface area contributed by atoms with Gasteiger partial charge in [0.2, 0.25) is 5.91 Å². The average molecular weight is 264 g/mol. The highest BCUT2D eigenvalue weighted by Gasteiger charge is 2.32. The van der Waals surface area contributed by atoms with Crippen molar-refractivity contribution in [2.24, 2.45) is 5.73 Å². The molecule has 0 aliphatic carbocycles. The van der Waals surface area contributed by atoms with Crippen LogP contribution in [0.15, 0.2) is 24.3 Å². The SMILES string of the molecule is CCc1cccc(OCC(C)(NC(C)C)C(N)=O)c1. The quantitative estimate of drug-likeness (QED) is 0.790. The first-order valence-corrected chi connectivity index (χ1v) is 6.66. The predicted octanol–water partition coefficient (Wildman–Crippen LogP) is 1.87. The number of aryl methyl sites for hydroxylation is 1. The standard InChI is InChI=1S/C15H24N2O2/c1-5-12-7-6-8-13(9-12)19-10-15(4,14(16)18)17-11(2)3/h6-9,11,17H,5,10H2,1-4H3,(H2,16,18). The van der Waals surface area contributed by atoms with Crippen LogP contribution in [0.2, 0.25) is 0 Å². The highest BCUT2D eigenvalue weighted by molar-refractivity contribution is 5.84. The van der Waals surface area contributed by atoms with Crippen LogP contribution < -0.4 is 15.8 Å². The van der Waals surface area contributed by atoms with Crippen molar-refractivity contribution >= 4 is 5.91 Å². The molecule has 4 nitrogen and oxygen atoms in total. The van der Waals surface area contributed by atoms with Gasteiger partial charge in [0.1, 0.15) is 17.9 Å². The number of hydrogen-bond donors (Lipinski definition) is 2. The minimum Gasteiger partial charge on any atom is -0.491 e. The normalized spacial score (nSPS) is 14.2. The van der Waals surface area contributed by atoms with Crippen molar-refractivity contribution in [2.75, 3.05) is 6.61 Å². The van der Waals surface area contributed by atoms with E-state index in [9.17, 15) is 4.79 Å². The van der Waals surface area contributed by atoms with Crippen LogP contribution in [0.3, 0.4) is 0 Å². The molecule has 106 valence electrons. The van der Waals surface area contributed by atoms with Crippen LogP contribution in [0.5, 0.6) is 5.75 Å². The molecular weight excluding hydrogens is 240 g/mol. The molecule has 1 aromatic rings. The molecule has 1 atom stereocenters. The van der Waals surface area contributed by atoms with Gasteiger partial charge in [0.05, 0.1) is 0 Å². The molecule has 1 amide bonds. The number of nitrogens with one attached hydrogen (secondary N) is 1. The minimum absolute atomic E-state index is 0.156. The van der Waals surface area contributed by atoms with Gasteiger partial charge in [-0.15, -0.1) is 0 Å².